The van der Waals surface area contributed by atoms with Crippen LogP contribution in [0.3, 0.4) is 0 Å². The van der Waals surface area contributed by atoms with Crippen LogP contribution in [0.25, 0.3) is 16.0 Å². The Balaban J connectivity index is 1.75. The molecule has 1 N–H and O–H groups in total. The van der Waals surface area contributed by atoms with Crippen LogP contribution < -0.4 is 23.8 Å². The second kappa shape index (κ2) is 11.1. The van der Waals surface area contributed by atoms with Crippen LogP contribution in [0, 0.1) is 0 Å². The van der Waals surface area contributed by atoms with Crippen molar-refractivity contribution < 1.29 is 33.6 Å². The molecule has 40 heavy (non-hydrogen) atoms. The normalized spacial score (nSPS) is 16.4. The predicted octanol–water partition coefficient (Wildman–Crippen LogP) is 6.00. The van der Waals surface area contributed by atoms with Crippen LogP contribution in [0.2, 0.25) is 5.02 Å². The van der Waals surface area contributed by atoms with E-state index in [4.69, 9.17) is 30.5 Å². The summed E-state index contributed by atoms with van der Waals surface area (Å²) < 4.78 is 22.9. The van der Waals surface area contributed by atoms with E-state index in [0.29, 0.717) is 51.3 Å². The molecule has 0 aliphatic carbocycles. The third kappa shape index (κ3) is 4.69. The summed E-state index contributed by atoms with van der Waals surface area (Å²) in [6, 6.07) is 14.0. The molecule has 3 aromatic carbocycles. The molecule has 1 fully saturated rings. The molecule has 1 amide bonds. The number of carbonyl (C=O) groups excluding carboxylic acids is 2. The van der Waals surface area contributed by atoms with E-state index in [1.165, 1.54) is 37.6 Å². The maximum absolute atomic E-state index is 13.6. The fourth-order valence-electron chi connectivity index (χ4n) is 4.62. The summed E-state index contributed by atoms with van der Waals surface area (Å²) in [6.45, 7) is 2.39. The van der Waals surface area contributed by atoms with Crippen LogP contribution >= 0.6 is 22.9 Å². The van der Waals surface area contributed by atoms with Gasteiger partial charge in [0.1, 0.15) is 11.5 Å². The molecule has 0 unspecified atom stereocenters. The lowest BCUT2D eigenvalue weighted by Crippen LogP contribution is -2.29. The first-order chi connectivity index (χ1) is 19.3. The van der Waals surface area contributed by atoms with Gasteiger partial charge in [0.2, 0.25) is 5.75 Å². The summed E-state index contributed by atoms with van der Waals surface area (Å²) >= 11 is 7.27. The maximum Gasteiger partial charge on any atom is 0.301 e. The highest BCUT2D eigenvalue weighted by Gasteiger charge is 2.48. The van der Waals surface area contributed by atoms with Gasteiger partial charge in [-0.1, -0.05) is 22.9 Å². The molecule has 0 bridgehead atoms. The summed E-state index contributed by atoms with van der Waals surface area (Å²) in [5.41, 5.74) is 1.28. The van der Waals surface area contributed by atoms with Crippen molar-refractivity contribution in [3.63, 3.8) is 0 Å². The summed E-state index contributed by atoms with van der Waals surface area (Å²) in [4.78, 5) is 33.2. The molecule has 0 radical (unpaired) electrons. The zero-order chi connectivity index (χ0) is 28.6. The lowest BCUT2D eigenvalue weighted by atomic mass is 9.95. The first kappa shape index (κ1) is 27.3. The van der Waals surface area contributed by atoms with E-state index in [2.05, 4.69) is 4.98 Å². The van der Waals surface area contributed by atoms with Gasteiger partial charge in [0.05, 0.1) is 49.8 Å². The van der Waals surface area contributed by atoms with E-state index in [0.717, 1.165) is 4.70 Å². The van der Waals surface area contributed by atoms with Gasteiger partial charge in [-0.05, 0) is 67.1 Å². The molecule has 1 saturated heterocycles. The lowest BCUT2D eigenvalue weighted by Gasteiger charge is -2.24. The van der Waals surface area contributed by atoms with Crippen molar-refractivity contribution in [3.8, 4) is 23.0 Å². The third-order valence-electron chi connectivity index (χ3n) is 6.43. The number of Topliss-reactive ketones (excluding diaryl/α,β-unsaturated/α-hetero) is 1. The molecule has 9 nitrogen and oxygen atoms in total. The number of fused-ring (bicyclic) bond motifs is 1. The molecule has 0 spiro atoms. The van der Waals surface area contributed by atoms with Gasteiger partial charge in [-0.3, -0.25) is 14.5 Å². The minimum Gasteiger partial charge on any atom is -0.507 e. The number of thiazole rings is 1. The number of ketones is 1. The largest absolute Gasteiger partial charge is 0.507 e. The van der Waals surface area contributed by atoms with Crippen LogP contribution in [-0.2, 0) is 9.59 Å². The van der Waals surface area contributed by atoms with Crippen LogP contribution in [0.15, 0.2) is 60.2 Å². The number of amides is 1. The minimum absolute atomic E-state index is 0.115. The smallest absolute Gasteiger partial charge is 0.301 e. The molecule has 206 valence electrons. The summed E-state index contributed by atoms with van der Waals surface area (Å²) in [5, 5.41) is 12.1. The van der Waals surface area contributed by atoms with E-state index >= 15 is 0 Å². The SMILES string of the molecule is CCOc1ccc2nc(N3C(=O)C(=O)C(=C(O)c4ccc(Cl)cc4)[C@H]3c3cc(OC)c(OC)c(OC)c3)sc2c1. The lowest BCUT2D eigenvalue weighted by molar-refractivity contribution is -0.132. The van der Waals surface area contributed by atoms with Crippen molar-refractivity contribution in [2.45, 2.75) is 13.0 Å². The Kier molecular flexibility index (Phi) is 7.55. The van der Waals surface area contributed by atoms with Crippen molar-refractivity contribution >= 4 is 55.7 Å². The highest BCUT2D eigenvalue weighted by molar-refractivity contribution is 7.22. The van der Waals surface area contributed by atoms with Crippen LogP contribution in [0.4, 0.5) is 5.13 Å². The van der Waals surface area contributed by atoms with Gasteiger partial charge in [-0.15, -0.1) is 0 Å². The highest BCUT2D eigenvalue weighted by atomic mass is 35.5. The Morgan fingerprint density at radius 2 is 1.68 bits per heavy atom. The fourth-order valence-corrected chi connectivity index (χ4v) is 5.77. The molecule has 11 heteroatoms. The number of aliphatic hydroxyl groups is 1. The molecule has 1 aliphatic rings. The molecule has 1 aliphatic heterocycles. The van der Waals surface area contributed by atoms with E-state index < -0.39 is 17.7 Å². The average molecular weight is 581 g/mol. The summed E-state index contributed by atoms with van der Waals surface area (Å²) in [7, 11) is 4.41. The van der Waals surface area contributed by atoms with Crippen molar-refractivity contribution in [3.05, 3.63) is 76.3 Å². The van der Waals surface area contributed by atoms with E-state index in [1.54, 1.807) is 48.5 Å². The van der Waals surface area contributed by atoms with Gasteiger partial charge in [-0.2, -0.15) is 0 Å². The Hall–Kier alpha value is -4.28. The van der Waals surface area contributed by atoms with Gasteiger partial charge in [0, 0.05) is 10.6 Å². The molecular weight excluding hydrogens is 556 g/mol. The van der Waals surface area contributed by atoms with Gasteiger partial charge >= 0.3 is 5.91 Å². The average Bonchev–Trinajstić information content (AvgIpc) is 3.49. The van der Waals surface area contributed by atoms with Gasteiger partial charge in [0.25, 0.3) is 5.78 Å². The molecule has 2 heterocycles. The Labute approximate surface area is 239 Å². The van der Waals surface area contributed by atoms with Crippen molar-refractivity contribution in [2.24, 2.45) is 0 Å². The number of carbonyl (C=O) groups is 2. The van der Waals surface area contributed by atoms with E-state index in [-0.39, 0.29) is 16.5 Å². The summed E-state index contributed by atoms with van der Waals surface area (Å²) in [6.07, 6.45) is 0. The molecular formula is C29H25ClN2O7S. The zero-order valence-electron chi connectivity index (χ0n) is 22.1. The standard InChI is InChI=1S/C29H25ClN2O7S/c1-5-39-18-10-11-19-22(14-18)40-29(31-19)32-24(16-12-20(36-2)27(38-4)21(13-16)37-3)23(26(34)28(32)35)25(33)15-6-8-17(30)9-7-15/h6-14,24,33H,5H2,1-4H3/t24-/m1/s1. The minimum atomic E-state index is -1.06. The van der Waals surface area contributed by atoms with Crippen LogP contribution in [0.1, 0.15) is 24.1 Å². The first-order valence-electron chi connectivity index (χ1n) is 12.2. The Morgan fingerprint density at radius 1 is 1.00 bits per heavy atom. The second-order valence-electron chi connectivity index (χ2n) is 8.69. The molecule has 5 rings (SSSR count). The van der Waals surface area contributed by atoms with Gasteiger partial charge in [-0.25, -0.2) is 4.98 Å². The number of ether oxygens (including phenoxy) is 4. The fraction of sp³-hybridized carbons (Fsp3) is 0.207. The number of benzene rings is 3. The van der Waals surface area contributed by atoms with E-state index in [1.807, 2.05) is 13.0 Å². The number of hydrogen-bond donors (Lipinski definition) is 1. The number of halogens is 1. The third-order valence-corrected chi connectivity index (χ3v) is 7.70. The van der Waals surface area contributed by atoms with Crippen LogP contribution in [-0.4, -0.2) is 49.7 Å². The first-order valence-corrected chi connectivity index (χ1v) is 13.4. The molecule has 1 aromatic heterocycles. The number of anilines is 1. The second-order valence-corrected chi connectivity index (χ2v) is 10.1. The number of aliphatic hydroxyl groups excluding tert-OH is 1. The number of hydrogen-bond acceptors (Lipinski definition) is 9. The van der Waals surface area contributed by atoms with Crippen LogP contribution in [0.5, 0.6) is 23.0 Å². The Bertz CT molecular complexity index is 1620. The summed E-state index contributed by atoms with van der Waals surface area (Å²) in [5.74, 6) is -0.406. The monoisotopic (exact) mass is 580 g/mol. The highest BCUT2D eigenvalue weighted by Crippen LogP contribution is 2.48. The van der Waals surface area contributed by atoms with E-state index in [9.17, 15) is 14.7 Å². The van der Waals surface area contributed by atoms with Gasteiger partial charge < -0.3 is 24.1 Å². The number of methoxy groups -OCH3 is 3. The molecule has 1 atom stereocenters. The van der Waals surface area contributed by atoms with Crippen molar-refractivity contribution in [1.29, 1.82) is 0 Å². The number of nitrogens with zero attached hydrogens (tertiary/aromatic N) is 2. The number of rotatable bonds is 8. The quantitative estimate of drug-likeness (QED) is 0.154. The van der Waals surface area contributed by atoms with Crippen molar-refractivity contribution in [1.82, 2.24) is 4.98 Å². The van der Waals surface area contributed by atoms with Gasteiger partial charge in [0.15, 0.2) is 16.6 Å². The topological polar surface area (TPSA) is 107 Å². The predicted molar refractivity (Wildman–Crippen MR) is 153 cm³/mol. The Morgan fingerprint density at radius 3 is 2.27 bits per heavy atom. The van der Waals surface area contributed by atoms with Crippen molar-refractivity contribution in [2.75, 3.05) is 32.8 Å². The molecule has 0 saturated carbocycles. The maximum atomic E-state index is 13.6. The zero-order valence-corrected chi connectivity index (χ0v) is 23.6. The number of aromatic nitrogens is 1. The molecule has 4 aromatic rings.